The number of hydrogen-bond acceptors (Lipinski definition) is 3. The summed E-state index contributed by atoms with van der Waals surface area (Å²) in [4.78, 5) is 11.9. The molecule has 3 N–H and O–H groups in total. The Morgan fingerprint density at radius 2 is 2.05 bits per heavy atom. The van der Waals surface area contributed by atoms with Crippen LogP contribution >= 0.6 is 0 Å². The van der Waals surface area contributed by atoms with E-state index in [1.807, 2.05) is 31.2 Å². The van der Waals surface area contributed by atoms with Gasteiger partial charge in [-0.2, -0.15) is 0 Å². The molecule has 2 rings (SSSR count). The summed E-state index contributed by atoms with van der Waals surface area (Å²) >= 11 is 0. The third-order valence-electron chi connectivity index (χ3n) is 3.74. The number of carbonyl (C=O) groups excluding carboxylic acids is 1. The van der Waals surface area contributed by atoms with Crippen molar-refractivity contribution >= 4 is 5.91 Å². The number of ether oxygens (including phenoxy) is 1. The number of hydrogen-bond donors (Lipinski definition) is 2. The minimum absolute atomic E-state index is 0.0450. The van der Waals surface area contributed by atoms with Gasteiger partial charge >= 0.3 is 0 Å². The molecule has 1 aliphatic rings. The number of nitrogens with one attached hydrogen (secondary N) is 1. The Morgan fingerprint density at radius 1 is 1.35 bits per heavy atom. The molecule has 110 valence electrons. The van der Waals surface area contributed by atoms with Crippen LogP contribution in [0.1, 0.15) is 50.6 Å². The molecule has 1 aromatic carbocycles. The predicted octanol–water partition coefficient (Wildman–Crippen LogP) is 2.53. The maximum absolute atomic E-state index is 11.9. The van der Waals surface area contributed by atoms with Crippen molar-refractivity contribution in [3.8, 4) is 5.75 Å². The average Bonchev–Trinajstić information content (AvgIpc) is 2.46. The first-order valence-electron chi connectivity index (χ1n) is 7.43. The van der Waals surface area contributed by atoms with Gasteiger partial charge in [-0.1, -0.05) is 37.5 Å². The molecule has 0 aromatic heterocycles. The molecule has 1 amide bonds. The van der Waals surface area contributed by atoms with Gasteiger partial charge in [0.1, 0.15) is 5.75 Å². The number of nitrogens with two attached hydrogens (primary N) is 1. The largest absolute Gasteiger partial charge is 0.483 e. The van der Waals surface area contributed by atoms with Crippen molar-refractivity contribution in [1.29, 1.82) is 0 Å². The molecule has 0 unspecified atom stereocenters. The number of benzene rings is 1. The van der Waals surface area contributed by atoms with Gasteiger partial charge in [0.15, 0.2) is 6.61 Å². The fourth-order valence-corrected chi connectivity index (χ4v) is 2.65. The highest BCUT2D eigenvalue weighted by molar-refractivity contribution is 5.77. The quantitative estimate of drug-likeness (QED) is 0.868. The Balaban J connectivity index is 1.83. The van der Waals surface area contributed by atoms with Crippen molar-refractivity contribution in [3.05, 3.63) is 29.8 Å². The van der Waals surface area contributed by atoms with E-state index in [2.05, 4.69) is 5.32 Å². The molecule has 0 radical (unpaired) electrons. The van der Waals surface area contributed by atoms with E-state index in [4.69, 9.17) is 10.5 Å². The Kier molecular flexibility index (Phi) is 5.41. The van der Waals surface area contributed by atoms with E-state index in [-0.39, 0.29) is 18.6 Å². The van der Waals surface area contributed by atoms with Gasteiger partial charge in [0.25, 0.3) is 5.91 Å². The predicted molar refractivity (Wildman–Crippen MR) is 79.6 cm³/mol. The second-order valence-electron chi connectivity index (χ2n) is 5.52. The van der Waals surface area contributed by atoms with Crippen molar-refractivity contribution < 1.29 is 9.53 Å². The summed E-state index contributed by atoms with van der Waals surface area (Å²) in [6.07, 6.45) is 5.87. The number of carbonyl (C=O) groups is 1. The lowest BCUT2D eigenvalue weighted by molar-refractivity contribution is -0.124. The summed E-state index contributed by atoms with van der Waals surface area (Å²) in [5.41, 5.74) is 6.82. The SMILES string of the molecule is C[C@H](N)c1ccccc1OCC(=O)NC1CCCCC1. The molecule has 1 fully saturated rings. The summed E-state index contributed by atoms with van der Waals surface area (Å²) in [5.74, 6) is 0.651. The minimum atomic E-state index is -0.104. The van der Waals surface area contributed by atoms with Crippen molar-refractivity contribution in [2.24, 2.45) is 5.73 Å². The zero-order valence-corrected chi connectivity index (χ0v) is 12.1. The molecule has 4 heteroatoms. The number of para-hydroxylation sites is 1. The van der Waals surface area contributed by atoms with Gasteiger partial charge in [0.2, 0.25) is 0 Å². The molecule has 0 bridgehead atoms. The topological polar surface area (TPSA) is 64.3 Å². The van der Waals surface area contributed by atoms with Gasteiger partial charge in [-0.15, -0.1) is 0 Å². The van der Waals surface area contributed by atoms with Crippen molar-refractivity contribution in [1.82, 2.24) is 5.32 Å². The molecule has 0 spiro atoms. The Morgan fingerprint density at radius 3 is 2.75 bits per heavy atom. The summed E-state index contributed by atoms with van der Waals surface area (Å²) in [6, 6.07) is 7.82. The van der Waals surface area contributed by atoms with Crippen LogP contribution in [0.3, 0.4) is 0 Å². The van der Waals surface area contributed by atoms with Gasteiger partial charge in [0, 0.05) is 17.6 Å². The second kappa shape index (κ2) is 7.29. The van der Waals surface area contributed by atoms with Gasteiger partial charge < -0.3 is 15.8 Å². The third-order valence-corrected chi connectivity index (χ3v) is 3.74. The zero-order chi connectivity index (χ0) is 14.4. The lowest BCUT2D eigenvalue weighted by atomic mass is 9.95. The third kappa shape index (κ3) is 4.23. The van der Waals surface area contributed by atoms with E-state index in [0.717, 1.165) is 18.4 Å². The molecule has 1 atom stereocenters. The van der Waals surface area contributed by atoms with Gasteiger partial charge in [-0.3, -0.25) is 4.79 Å². The fraction of sp³-hybridized carbons (Fsp3) is 0.562. The smallest absolute Gasteiger partial charge is 0.258 e. The van der Waals surface area contributed by atoms with E-state index in [1.165, 1.54) is 19.3 Å². The number of rotatable bonds is 5. The molecular weight excluding hydrogens is 252 g/mol. The summed E-state index contributed by atoms with van der Waals surface area (Å²) < 4.78 is 5.61. The van der Waals surface area contributed by atoms with Crippen molar-refractivity contribution in [2.75, 3.05) is 6.61 Å². The monoisotopic (exact) mass is 276 g/mol. The van der Waals surface area contributed by atoms with Gasteiger partial charge in [-0.25, -0.2) is 0 Å². The Bertz CT molecular complexity index is 440. The molecular formula is C16H24N2O2. The summed E-state index contributed by atoms with van der Waals surface area (Å²) in [5, 5.41) is 3.04. The van der Waals surface area contributed by atoms with Gasteiger partial charge in [-0.05, 0) is 25.8 Å². The standard InChI is InChI=1S/C16H24N2O2/c1-12(17)14-9-5-6-10-15(14)20-11-16(19)18-13-7-3-2-4-8-13/h5-6,9-10,12-13H,2-4,7-8,11,17H2,1H3,(H,18,19)/t12-/m0/s1. The zero-order valence-electron chi connectivity index (χ0n) is 12.1. The van der Waals surface area contributed by atoms with E-state index in [0.29, 0.717) is 11.8 Å². The highest BCUT2D eigenvalue weighted by Crippen LogP contribution is 2.23. The van der Waals surface area contributed by atoms with Crippen LogP contribution in [0.2, 0.25) is 0 Å². The highest BCUT2D eigenvalue weighted by Gasteiger charge is 2.16. The highest BCUT2D eigenvalue weighted by atomic mass is 16.5. The summed E-state index contributed by atoms with van der Waals surface area (Å²) in [7, 11) is 0. The van der Waals surface area contributed by atoms with E-state index in [9.17, 15) is 4.79 Å². The molecule has 0 heterocycles. The Hall–Kier alpha value is -1.55. The van der Waals surface area contributed by atoms with Crippen LogP contribution in [0.25, 0.3) is 0 Å². The maximum Gasteiger partial charge on any atom is 0.258 e. The van der Waals surface area contributed by atoms with E-state index >= 15 is 0 Å². The lowest BCUT2D eigenvalue weighted by Gasteiger charge is -2.23. The first kappa shape index (κ1) is 14.9. The van der Waals surface area contributed by atoms with Crippen LogP contribution in [0.15, 0.2) is 24.3 Å². The van der Waals surface area contributed by atoms with Crippen LogP contribution in [-0.4, -0.2) is 18.6 Å². The van der Waals surface area contributed by atoms with Crippen molar-refractivity contribution in [3.63, 3.8) is 0 Å². The molecule has 0 saturated heterocycles. The van der Waals surface area contributed by atoms with Crippen LogP contribution in [0.5, 0.6) is 5.75 Å². The normalized spacial score (nSPS) is 17.5. The van der Waals surface area contributed by atoms with Crippen LogP contribution in [-0.2, 0) is 4.79 Å². The van der Waals surface area contributed by atoms with Crippen molar-refractivity contribution in [2.45, 2.75) is 51.1 Å². The number of amides is 1. The first-order chi connectivity index (χ1) is 9.66. The molecule has 0 aliphatic heterocycles. The molecule has 1 aliphatic carbocycles. The summed E-state index contributed by atoms with van der Waals surface area (Å²) in [6.45, 7) is 1.96. The minimum Gasteiger partial charge on any atom is -0.483 e. The Labute approximate surface area is 120 Å². The molecule has 20 heavy (non-hydrogen) atoms. The molecule has 4 nitrogen and oxygen atoms in total. The molecule has 1 aromatic rings. The van der Waals surface area contributed by atoms with E-state index in [1.54, 1.807) is 0 Å². The maximum atomic E-state index is 11.9. The fourth-order valence-electron chi connectivity index (χ4n) is 2.65. The van der Waals surface area contributed by atoms with Crippen LogP contribution in [0, 0.1) is 0 Å². The average molecular weight is 276 g/mol. The van der Waals surface area contributed by atoms with Crippen LogP contribution < -0.4 is 15.8 Å². The second-order valence-corrected chi connectivity index (χ2v) is 5.52. The first-order valence-corrected chi connectivity index (χ1v) is 7.43. The lowest BCUT2D eigenvalue weighted by Crippen LogP contribution is -2.39. The van der Waals surface area contributed by atoms with Gasteiger partial charge in [0.05, 0.1) is 0 Å². The molecule has 1 saturated carbocycles. The van der Waals surface area contributed by atoms with E-state index < -0.39 is 0 Å². The van der Waals surface area contributed by atoms with Crippen LogP contribution in [0.4, 0.5) is 0 Å².